The van der Waals surface area contributed by atoms with Crippen molar-refractivity contribution in [3.8, 4) is 0 Å². The number of aliphatic carboxylic acids is 1. The molecule has 2 unspecified atom stereocenters. The zero-order chi connectivity index (χ0) is 11.4. The van der Waals surface area contributed by atoms with Gasteiger partial charge in [-0.05, 0) is 41.0 Å². The summed E-state index contributed by atoms with van der Waals surface area (Å²) in [4.78, 5) is 11.8. The lowest BCUT2D eigenvalue weighted by molar-refractivity contribution is -0.138. The van der Waals surface area contributed by atoms with Crippen molar-refractivity contribution in [3.63, 3.8) is 0 Å². The first-order valence-corrected chi connectivity index (χ1v) is 6.29. The molecular weight excluding hydrogens is 278 g/mol. The summed E-state index contributed by atoms with van der Waals surface area (Å²) in [6, 6.07) is 4.11. The first-order chi connectivity index (χ1) is 7.04. The standard InChI is InChI=1S/C10H14BrNO2S/c1-6(5-9(13)14)10(12-2)7-3-4-8(11)15-7/h3-4,6,10,12H,5H2,1-2H3,(H,13,14). The van der Waals surface area contributed by atoms with Crippen molar-refractivity contribution in [3.05, 3.63) is 20.8 Å². The molecule has 0 saturated heterocycles. The van der Waals surface area contributed by atoms with Crippen molar-refractivity contribution in [2.45, 2.75) is 19.4 Å². The van der Waals surface area contributed by atoms with Gasteiger partial charge in [-0.1, -0.05) is 6.92 Å². The van der Waals surface area contributed by atoms with Crippen LogP contribution in [0.3, 0.4) is 0 Å². The summed E-state index contributed by atoms with van der Waals surface area (Å²) in [5.74, 6) is -0.670. The Labute approximate surface area is 102 Å². The molecule has 0 fully saturated rings. The quantitative estimate of drug-likeness (QED) is 0.877. The number of halogens is 1. The molecule has 0 bridgehead atoms. The van der Waals surface area contributed by atoms with Crippen molar-refractivity contribution in [2.75, 3.05) is 7.05 Å². The molecule has 1 heterocycles. The van der Waals surface area contributed by atoms with Crippen LogP contribution in [0.5, 0.6) is 0 Å². The Balaban J connectivity index is 2.74. The van der Waals surface area contributed by atoms with E-state index >= 15 is 0 Å². The number of hydrogen-bond acceptors (Lipinski definition) is 3. The largest absolute Gasteiger partial charge is 0.481 e. The summed E-state index contributed by atoms with van der Waals surface area (Å²) < 4.78 is 1.07. The Hall–Kier alpha value is -0.390. The van der Waals surface area contributed by atoms with Gasteiger partial charge < -0.3 is 10.4 Å². The zero-order valence-corrected chi connectivity index (χ0v) is 11.1. The van der Waals surface area contributed by atoms with Crippen LogP contribution in [0.4, 0.5) is 0 Å². The van der Waals surface area contributed by atoms with E-state index in [4.69, 9.17) is 5.11 Å². The highest BCUT2D eigenvalue weighted by atomic mass is 79.9. The monoisotopic (exact) mass is 291 g/mol. The van der Waals surface area contributed by atoms with E-state index in [0.29, 0.717) is 0 Å². The van der Waals surface area contributed by atoms with E-state index in [0.717, 1.165) is 8.66 Å². The van der Waals surface area contributed by atoms with Crippen molar-refractivity contribution in [2.24, 2.45) is 5.92 Å². The van der Waals surface area contributed by atoms with Crippen LogP contribution in [0.15, 0.2) is 15.9 Å². The fourth-order valence-electron chi connectivity index (χ4n) is 1.60. The van der Waals surface area contributed by atoms with E-state index in [1.165, 1.54) is 0 Å². The number of carboxylic acids is 1. The average Bonchev–Trinajstić information content (AvgIpc) is 2.51. The highest BCUT2D eigenvalue weighted by molar-refractivity contribution is 9.11. The smallest absolute Gasteiger partial charge is 0.303 e. The van der Waals surface area contributed by atoms with Crippen molar-refractivity contribution in [1.29, 1.82) is 0 Å². The third kappa shape index (κ3) is 3.59. The lowest BCUT2D eigenvalue weighted by Crippen LogP contribution is -2.24. The minimum Gasteiger partial charge on any atom is -0.481 e. The fourth-order valence-corrected chi connectivity index (χ4v) is 3.26. The lowest BCUT2D eigenvalue weighted by atomic mass is 9.97. The van der Waals surface area contributed by atoms with Crippen LogP contribution < -0.4 is 5.32 Å². The number of rotatable bonds is 5. The summed E-state index contributed by atoms with van der Waals surface area (Å²) >= 11 is 5.04. The number of carbonyl (C=O) groups is 1. The second kappa shape index (κ2) is 5.63. The maximum atomic E-state index is 10.6. The maximum Gasteiger partial charge on any atom is 0.303 e. The molecule has 84 valence electrons. The summed E-state index contributed by atoms with van der Waals surface area (Å²) in [5.41, 5.74) is 0. The van der Waals surface area contributed by atoms with Crippen molar-refractivity contribution >= 4 is 33.2 Å². The highest BCUT2D eigenvalue weighted by Crippen LogP contribution is 2.32. The molecule has 0 aliphatic heterocycles. The Kier molecular flexibility index (Phi) is 4.76. The van der Waals surface area contributed by atoms with Crippen LogP contribution in [-0.2, 0) is 4.79 Å². The Morgan fingerprint density at radius 1 is 1.67 bits per heavy atom. The minimum atomic E-state index is -0.752. The predicted octanol–water partition coefficient (Wildman–Crippen LogP) is 2.88. The summed E-state index contributed by atoms with van der Waals surface area (Å²) in [6.45, 7) is 1.95. The van der Waals surface area contributed by atoms with Gasteiger partial charge in [0.25, 0.3) is 0 Å². The first-order valence-electron chi connectivity index (χ1n) is 4.69. The Morgan fingerprint density at radius 2 is 2.33 bits per heavy atom. The van der Waals surface area contributed by atoms with E-state index in [-0.39, 0.29) is 18.4 Å². The van der Waals surface area contributed by atoms with Gasteiger partial charge in [0.15, 0.2) is 0 Å². The average molecular weight is 292 g/mol. The molecule has 0 radical (unpaired) electrons. The highest BCUT2D eigenvalue weighted by Gasteiger charge is 2.21. The molecule has 1 rings (SSSR count). The van der Waals surface area contributed by atoms with Crippen LogP contribution in [0, 0.1) is 5.92 Å². The van der Waals surface area contributed by atoms with E-state index in [1.807, 2.05) is 26.1 Å². The fraction of sp³-hybridized carbons (Fsp3) is 0.500. The van der Waals surface area contributed by atoms with Gasteiger partial charge in [0, 0.05) is 17.3 Å². The SMILES string of the molecule is CNC(c1ccc(Br)s1)C(C)CC(=O)O. The molecule has 0 aromatic carbocycles. The summed E-state index contributed by atoms with van der Waals surface area (Å²) in [5, 5.41) is 11.9. The molecule has 1 aromatic rings. The molecule has 0 aliphatic carbocycles. The van der Waals surface area contributed by atoms with Crippen LogP contribution in [0.1, 0.15) is 24.3 Å². The van der Waals surface area contributed by atoms with Crippen molar-refractivity contribution in [1.82, 2.24) is 5.32 Å². The van der Waals surface area contributed by atoms with Gasteiger partial charge in [-0.3, -0.25) is 4.79 Å². The van der Waals surface area contributed by atoms with E-state index in [1.54, 1.807) is 11.3 Å². The molecule has 15 heavy (non-hydrogen) atoms. The molecule has 1 aromatic heterocycles. The molecule has 0 amide bonds. The Bertz CT molecular complexity index is 340. The van der Waals surface area contributed by atoms with E-state index in [2.05, 4.69) is 21.2 Å². The summed E-state index contributed by atoms with van der Waals surface area (Å²) in [7, 11) is 1.86. The molecule has 0 saturated carbocycles. The van der Waals surface area contributed by atoms with Gasteiger partial charge in [-0.25, -0.2) is 0 Å². The normalized spacial score (nSPS) is 14.9. The lowest BCUT2D eigenvalue weighted by Gasteiger charge is -2.20. The third-order valence-corrected chi connectivity index (χ3v) is 3.98. The van der Waals surface area contributed by atoms with Crippen molar-refractivity contribution < 1.29 is 9.90 Å². The summed E-state index contributed by atoms with van der Waals surface area (Å²) in [6.07, 6.45) is 0.182. The minimum absolute atomic E-state index is 0.0815. The number of carboxylic acid groups (broad SMARTS) is 1. The number of thiophene rings is 1. The molecule has 2 N–H and O–H groups in total. The second-order valence-corrected chi connectivity index (χ2v) is 5.98. The van der Waals surface area contributed by atoms with Gasteiger partial charge in [0.05, 0.1) is 3.79 Å². The maximum absolute atomic E-state index is 10.6. The van der Waals surface area contributed by atoms with Gasteiger partial charge in [0.2, 0.25) is 0 Å². The van der Waals surface area contributed by atoms with Crippen LogP contribution in [-0.4, -0.2) is 18.1 Å². The van der Waals surface area contributed by atoms with Gasteiger partial charge >= 0.3 is 5.97 Å². The molecule has 3 nitrogen and oxygen atoms in total. The topological polar surface area (TPSA) is 49.3 Å². The van der Waals surface area contributed by atoms with Gasteiger partial charge in [0.1, 0.15) is 0 Å². The predicted molar refractivity (Wildman–Crippen MR) is 65.2 cm³/mol. The van der Waals surface area contributed by atoms with Crippen LogP contribution in [0.25, 0.3) is 0 Å². The molecule has 0 aliphatic rings. The number of nitrogens with one attached hydrogen (secondary N) is 1. The van der Waals surface area contributed by atoms with E-state index < -0.39 is 5.97 Å². The molecule has 2 atom stereocenters. The van der Waals surface area contributed by atoms with Gasteiger partial charge in [-0.2, -0.15) is 0 Å². The number of hydrogen-bond donors (Lipinski definition) is 2. The van der Waals surface area contributed by atoms with Gasteiger partial charge in [-0.15, -0.1) is 11.3 Å². The molecule has 5 heteroatoms. The zero-order valence-electron chi connectivity index (χ0n) is 8.66. The molecular formula is C10H14BrNO2S. The third-order valence-electron chi connectivity index (χ3n) is 2.28. The van der Waals surface area contributed by atoms with Crippen LogP contribution in [0.2, 0.25) is 0 Å². The van der Waals surface area contributed by atoms with E-state index in [9.17, 15) is 4.79 Å². The van der Waals surface area contributed by atoms with Crippen LogP contribution >= 0.6 is 27.3 Å². The second-order valence-electron chi connectivity index (χ2n) is 3.48. The molecule has 0 spiro atoms. The Morgan fingerprint density at radius 3 is 2.73 bits per heavy atom. The first kappa shape index (κ1) is 12.7.